The second-order valence-corrected chi connectivity index (χ2v) is 6.87. The van der Waals surface area contributed by atoms with Gasteiger partial charge in [-0.2, -0.15) is 0 Å². The van der Waals surface area contributed by atoms with Crippen LogP contribution in [0.15, 0.2) is 48.8 Å². The number of nitrogens with one attached hydrogen (secondary N) is 1. The zero-order valence-corrected chi connectivity index (χ0v) is 14.7. The highest BCUT2D eigenvalue weighted by atomic mass is 15.2. The SMILES string of the molecule is CC(C)N1CC[C@@H](Nc2nc(-c3ccncc3)nc3ccccc23)C1. The molecular weight excluding hydrogens is 310 g/mol. The first-order valence-corrected chi connectivity index (χ1v) is 8.88. The van der Waals surface area contributed by atoms with E-state index < -0.39 is 0 Å². The molecule has 1 fully saturated rings. The van der Waals surface area contributed by atoms with Gasteiger partial charge in [-0.3, -0.25) is 9.88 Å². The van der Waals surface area contributed by atoms with Crippen LogP contribution in [0.1, 0.15) is 20.3 Å². The van der Waals surface area contributed by atoms with Gasteiger partial charge in [0.05, 0.1) is 5.52 Å². The summed E-state index contributed by atoms with van der Waals surface area (Å²) in [6, 6.07) is 13.1. The third-order valence-electron chi connectivity index (χ3n) is 4.83. The molecule has 2 aromatic heterocycles. The van der Waals surface area contributed by atoms with Crippen molar-refractivity contribution in [2.45, 2.75) is 32.4 Å². The van der Waals surface area contributed by atoms with Gasteiger partial charge in [0.1, 0.15) is 5.82 Å². The molecule has 0 unspecified atom stereocenters. The van der Waals surface area contributed by atoms with Crippen LogP contribution in [-0.4, -0.2) is 45.0 Å². The Hall–Kier alpha value is -2.53. The number of aromatic nitrogens is 3. The van der Waals surface area contributed by atoms with Crippen LogP contribution in [0.25, 0.3) is 22.3 Å². The molecule has 4 rings (SSSR count). The van der Waals surface area contributed by atoms with E-state index in [1.54, 1.807) is 12.4 Å². The maximum Gasteiger partial charge on any atom is 0.162 e. The van der Waals surface area contributed by atoms with Crippen molar-refractivity contribution in [2.75, 3.05) is 18.4 Å². The first-order chi connectivity index (χ1) is 12.2. The average molecular weight is 333 g/mol. The van der Waals surface area contributed by atoms with E-state index in [0.29, 0.717) is 12.1 Å². The number of rotatable bonds is 4. The van der Waals surface area contributed by atoms with Crippen molar-refractivity contribution >= 4 is 16.7 Å². The van der Waals surface area contributed by atoms with E-state index in [-0.39, 0.29) is 0 Å². The number of benzene rings is 1. The van der Waals surface area contributed by atoms with E-state index >= 15 is 0 Å². The highest BCUT2D eigenvalue weighted by molar-refractivity contribution is 5.90. The number of nitrogens with zero attached hydrogens (tertiary/aromatic N) is 4. The summed E-state index contributed by atoms with van der Waals surface area (Å²) in [6.07, 6.45) is 4.69. The number of fused-ring (bicyclic) bond motifs is 1. The van der Waals surface area contributed by atoms with Gasteiger partial charge < -0.3 is 5.32 Å². The third kappa shape index (κ3) is 3.33. The molecule has 3 aromatic rings. The fraction of sp³-hybridized carbons (Fsp3) is 0.350. The molecule has 1 aromatic carbocycles. The molecule has 128 valence electrons. The maximum absolute atomic E-state index is 4.84. The van der Waals surface area contributed by atoms with Crippen molar-refractivity contribution in [3.8, 4) is 11.4 Å². The molecule has 1 aliphatic rings. The van der Waals surface area contributed by atoms with Crippen LogP contribution in [0.3, 0.4) is 0 Å². The van der Waals surface area contributed by atoms with Crippen LogP contribution >= 0.6 is 0 Å². The molecule has 5 nitrogen and oxygen atoms in total. The predicted octanol–water partition coefficient (Wildman–Crippen LogP) is 3.59. The molecular formula is C20H23N5. The van der Waals surface area contributed by atoms with Crippen LogP contribution in [0, 0.1) is 0 Å². The zero-order valence-electron chi connectivity index (χ0n) is 14.7. The molecule has 1 N–H and O–H groups in total. The number of likely N-dealkylation sites (tertiary alicyclic amines) is 1. The van der Waals surface area contributed by atoms with Gasteiger partial charge in [0.25, 0.3) is 0 Å². The van der Waals surface area contributed by atoms with Gasteiger partial charge in [-0.25, -0.2) is 9.97 Å². The summed E-state index contributed by atoms with van der Waals surface area (Å²) in [5.41, 5.74) is 1.95. The summed E-state index contributed by atoms with van der Waals surface area (Å²) in [5, 5.41) is 4.74. The first-order valence-electron chi connectivity index (χ1n) is 8.88. The highest BCUT2D eigenvalue weighted by Crippen LogP contribution is 2.26. The third-order valence-corrected chi connectivity index (χ3v) is 4.83. The van der Waals surface area contributed by atoms with Gasteiger partial charge in [-0.15, -0.1) is 0 Å². The van der Waals surface area contributed by atoms with E-state index in [4.69, 9.17) is 9.97 Å². The van der Waals surface area contributed by atoms with Gasteiger partial charge in [-0.1, -0.05) is 12.1 Å². The minimum absolute atomic E-state index is 0.422. The van der Waals surface area contributed by atoms with Crippen molar-refractivity contribution in [3.63, 3.8) is 0 Å². The highest BCUT2D eigenvalue weighted by Gasteiger charge is 2.25. The lowest BCUT2D eigenvalue weighted by Gasteiger charge is -2.21. The summed E-state index contributed by atoms with van der Waals surface area (Å²) in [5.74, 6) is 1.66. The zero-order chi connectivity index (χ0) is 17.2. The average Bonchev–Trinajstić information content (AvgIpc) is 3.11. The first kappa shape index (κ1) is 16.0. The monoisotopic (exact) mass is 333 g/mol. The Morgan fingerprint density at radius 1 is 1.08 bits per heavy atom. The molecule has 1 aliphatic heterocycles. The number of hydrogen-bond donors (Lipinski definition) is 1. The van der Waals surface area contributed by atoms with Crippen molar-refractivity contribution in [2.24, 2.45) is 0 Å². The second kappa shape index (κ2) is 6.76. The molecule has 0 radical (unpaired) electrons. The van der Waals surface area contributed by atoms with E-state index in [2.05, 4.69) is 35.1 Å². The molecule has 3 heterocycles. The van der Waals surface area contributed by atoms with E-state index in [1.165, 1.54) is 0 Å². The fourth-order valence-electron chi connectivity index (χ4n) is 3.38. The number of pyridine rings is 1. The van der Waals surface area contributed by atoms with Crippen LogP contribution in [0.2, 0.25) is 0 Å². The van der Waals surface area contributed by atoms with Gasteiger partial charge in [0, 0.05) is 48.5 Å². The number of anilines is 1. The molecule has 0 amide bonds. The summed E-state index contributed by atoms with van der Waals surface area (Å²) in [6.45, 7) is 6.70. The quantitative estimate of drug-likeness (QED) is 0.791. The molecule has 0 aliphatic carbocycles. The lowest BCUT2D eigenvalue weighted by Crippen LogP contribution is -2.31. The van der Waals surface area contributed by atoms with Gasteiger partial charge in [-0.05, 0) is 44.5 Å². The Balaban J connectivity index is 1.70. The number of hydrogen-bond acceptors (Lipinski definition) is 5. The predicted molar refractivity (Wildman–Crippen MR) is 102 cm³/mol. The summed E-state index contributed by atoms with van der Waals surface area (Å²) in [7, 11) is 0. The Bertz CT molecular complexity index is 862. The van der Waals surface area contributed by atoms with Crippen LogP contribution in [0.5, 0.6) is 0 Å². The minimum Gasteiger partial charge on any atom is -0.365 e. The summed E-state index contributed by atoms with van der Waals surface area (Å²) >= 11 is 0. The van der Waals surface area contributed by atoms with Crippen molar-refractivity contribution < 1.29 is 0 Å². The van der Waals surface area contributed by atoms with Crippen molar-refractivity contribution in [1.29, 1.82) is 0 Å². The Labute approximate surface area is 148 Å². The fourth-order valence-corrected chi connectivity index (χ4v) is 3.38. The van der Waals surface area contributed by atoms with Crippen LogP contribution < -0.4 is 5.32 Å². The molecule has 0 saturated carbocycles. The van der Waals surface area contributed by atoms with Crippen LogP contribution in [0.4, 0.5) is 5.82 Å². The van der Waals surface area contributed by atoms with Crippen LogP contribution in [-0.2, 0) is 0 Å². The van der Waals surface area contributed by atoms with E-state index in [1.807, 2.05) is 30.3 Å². The molecule has 1 atom stereocenters. The Morgan fingerprint density at radius 2 is 1.88 bits per heavy atom. The van der Waals surface area contributed by atoms with E-state index in [0.717, 1.165) is 47.6 Å². The normalized spacial score (nSPS) is 18.1. The Morgan fingerprint density at radius 3 is 2.64 bits per heavy atom. The number of para-hydroxylation sites is 1. The topological polar surface area (TPSA) is 53.9 Å². The van der Waals surface area contributed by atoms with Gasteiger partial charge >= 0.3 is 0 Å². The molecule has 0 spiro atoms. The van der Waals surface area contributed by atoms with Gasteiger partial charge in [0.15, 0.2) is 5.82 Å². The summed E-state index contributed by atoms with van der Waals surface area (Å²) < 4.78 is 0. The summed E-state index contributed by atoms with van der Waals surface area (Å²) in [4.78, 5) is 16.2. The van der Waals surface area contributed by atoms with Crippen molar-refractivity contribution in [1.82, 2.24) is 19.9 Å². The standard InChI is InChI=1S/C20H23N5/c1-14(2)25-12-9-16(13-25)22-20-17-5-3-4-6-18(17)23-19(24-20)15-7-10-21-11-8-15/h3-8,10-11,14,16H,9,12-13H2,1-2H3,(H,22,23,24)/t16-/m1/s1. The smallest absolute Gasteiger partial charge is 0.162 e. The van der Waals surface area contributed by atoms with Crippen molar-refractivity contribution in [3.05, 3.63) is 48.8 Å². The Kier molecular flexibility index (Phi) is 4.32. The molecule has 1 saturated heterocycles. The largest absolute Gasteiger partial charge is 0.365 e. The second-order valence-electron chi connectivity index (χ2n) is 6.87. The molecule has 25 heavy (non-hydrogen) atoms. The lowest BCUT2D eigenvalue weighted by molar-refractivity contribution is 0.274. The lowest BCUT2D eigenvalue weighted by atomic mass is 10.2. The maximum atomic E-state index is 4.84. The minimum atomic E-state index is 0.422. The molecule has 5 heteroatoms. The van der Waals surface area contributed by atoms with Gasteiger partial charge in [0.2, 0.25) is 0 Å². The molecule has 0 bridgehead atoms. The van der Waals surface area contributed by atoms with E-state index in [9.17, 15) is 0 Å².